The van der Waals surface area contributed by atoms with Crippen LogP contribution in [0, 0.1) is 17.4 Å². The Hall–Kier alpha value is -2.95. The van der Waals surface area contributed by atoms with Crippen molar-refractivity contribution < 1.29 is 14.1 Å². The van der Waals surface area contributed by atoms with E-state index in [2.05, 4.69) is 28.0 Å². The number of aromatic nitrogens is 3. The second kappa shape index (κ2) is 7.58. The minimum absolute atomic E-state index is 0.0219. The summed E-state index contributed by atoms with van der Waals surface area (Å²) in [5.41, 5.74) is 1.60. The SMILES string of the molecule is C[C@H]1C[C@@H](N(C)C(=O)OC(C)(C)C)CN(c2cc[n+](C#N)c3nccnc23)C1. The lowest BCUT2D eigenvalue weighted by atomic mass is 9.94. The molecule has 0 N–H and O–H groups in total. The molecule has 1 saturated heterocycles. The van der Waals surface area contributed by atoms with Crippen molar-refractivity contribution in [1.29, 1.82) is 5.26 Å². The summed E-state index contributed by atoms with van der Waals surface area (Å²) in [5, 5.41) is 9.32. The quantitative estimate of drug-likeness (QED) is 0.740. The molecule has 1 amide bonds. The van der Waals surface area contributed by atoms with Crippen molar-refractivity contribution in [3.05, 3.63) is 24.7 Å². The fraction of sp³-hybridized carbons (Fsp3) is 0.550. The number of piperidine rings is 1. The first-order chi connectivity index (χ1) is 13.2. The maximum Gasteiger partial charge on any atom is 0.410 e. The lowest BCUT2D eigenvalue weighted by molar-refractivity contribution is -0.559. The Balaban J connectivity index is 1.89. The summed E-state index contributed by atoms with van der Waals surface area (Å²) in [4.78, 5) is 25.2. The van der Waals surface area contributed by atoms with Crippen molar-refractivity contribution in [3.8, 4) is 6.19 Å². The molecule has 1 fully saturated rings. The number of hydrogen-bond acceptors (Lipinski definition) is 6. The van der Waals surface area contributed by atoms with Gasteiger partial charge in [-0.1, -0.05) is 6.92 Å². The van der Waals surface area contributed by atoms with Crippen molar-refractivity contribution in [2.75, 3.05) is 25.0 Å². The van der Waals surface area contributed by atoms with Gasteiger partial charge < -0.3 is 14.5 Å². The highest BCUT2D eigenvalue weighted by Gasteiger charge is 2.33. The molecule has 8 nitrogen and oxygen atoms in total. The molecule has 3 heterocycles. The third-order valence-corrected chi connectivity index (χ3v) is 4.85. The van der Waals surface area contributed by atoms with Gasteiger partial charge in [0, 0.05) is 25.4 Å². The third kappa shape index (κ3) is 4.14. The topological polar surface area (TPSA) is 86.2 Å². The second-order valence-corrected chi connectivity index (χ2v) is 8.39. The average Bonchev–Trinajstić information content (AvgIpc) is 2.64. The molecule has 1 aliphatic heterocycles. The zero-order valence-corrected chi connectivity index (χ0v) is 17.1. The van der Waals surface area contributed by atoms with E-state index in [1.165, 1.54) is 4.57 Å². The van der Waals surface area contributed by atoms with Gasteiger partial charge in [0.25, 0.3) is 0 Å². The van der Waals surface area contributed by atoms with Gasteiger partial charge in [0.15, 0.2) is 5.52 Å². The first-order valence-corrected chi connectivity index (χ1v) is 9.46. The van der Waals surface area contributed by atoms with Crippen molar-refractivity contribution in [2.45, 2.75) is 45.8 Å². The standard InChI is InChI=1S/C20H27N6O2/c1-14-10-15(24(5)19(27)28-20(2,3)4)12-26(11-14)16-6-9-25(13-21)18-17(16)22-7-8-23-18/h6-9,14-15H,10-12H2,1-5H3/q+1/t14-,15+/m0/s1. The molecule has 148 valence electrons. The molecule has 2 aromatic heterocycles. The van der Waals surface area contributed by atoms with Crippen molar-refractivity contribution in [2.24, 2.45) is 5.92 Å². The van der Waals surface area contributed by atoms with E-state index >= 15 is 0 Å². The van der Waals surface area contributed by atoms with Crippen LogP contribution in [-0.2, 0) is 4.74 Å². The molecule has 2 aromatic rings. The van der Waals surface area contributed by atoms with E-state index in [1.54, 1.807) is 30.5 Å². The molecule has 0 aromatic carbocycles. The fourth-order valence-corrected chi connectivity index (χ4v) is 3.60. The van der Waals surface area contributed by atoms with Gasteiger partial charge in [-0.25, -0.2) is 9.78 Å². The number of fused-ring (bicyclic) bond motifs is 1. The monoisotopic (exact) mass is 383 g/mol. The van der Waals surface area contributed by atoms with Gasteiger partial charge >= 0.3 is 17.9 Å². The summed E-state index contributed by atoms with van der Waals surface area (Å²) in [6.07, 6.45) is 7.61. The molecule has 0 saturated carbocycles. The maximum atomic E-state index is 12.5. The molecule has 28 heavy (non-hydrogen) atoms. The van der Waals surface area contributed by atoms with E-state index in [0.717, 1.165) is 18.7 Å². The number of rotatable bonds is 2. The Kier molecular flexibility index (Phi) is 5.36. The van der Waals surface area contributed by atoms with Crippen molar-refractivity contribution in [3.63, 3.8) is 0 Å². The summed E-state index contributed by atoms with van der Waals surface area (Å²) in [6, 6.07) is 1.91. The Morgan fingerprint density at radius 2 is 2.07 bits per heavy atom. The lowest BCUT2D eigenvalue weighted by Gasteiger charge is -2.41. The Bertz CT molecular complexity index is 917. The summed E-state index contributed by atoms with van der Waals surface area (Å²) in [7, 11) is 1.79. The predicted molar refractivity (Wildman–Crippen MR) is 105 cm³/mol. The molecule has 2 atom stereocenters. The van der Waals surface area contributed by atoms with E-state index in [4.69, 9.17) is 4.74 Å². The van der Waals surface area contributed by atoms with Crippen LogP contribution in [0.5, 0.6) is 0 Å². The highest BCUT2D eigenvalue weighted by molar-refractivity contribution is 5.83. The molecule has 3 rings (SSSR count). The summed E-state index contributed by atoms with van der Waals surface area (Å²) in [6.45, 7) is 9.30. The Morgan fingerprint density at radius 3 is 2.75 bits per heavy atom. The van der Waals surface area contributed by atoms with E-state index in [9.17, 15) is 10.1 Å². The smallest absolute Gasteiger partial charge is 0.410 e. The predicted octanol–water partition coefficient (Wildman–Crippen LogP) is 2.33. The van der Waals surface area contributed by atoms with Gasteiger partial charge in [-0.2, -0.15) is 0 Å². The Morgan fingerprint density at radius 1 is 1.36 bits per heavy atom. The lowest BCUT2D eigenvalue weighted by Crippen LogP contribution is -2.52. The van der Waals surface area contributed by atoms with E-state index < -0.39 is 5.60 Å². The number of anilines is 1. The summed E-state index contributed by atoms with van der Waals surface area (Å²) >= 11 is 0. The van der Waals surface area contributed by atoms with Crippen LogP contribution < -0.4 is 9.47 Å². The fourth-order valence-electron chi connectivity index (χ4n) is 3.60. The minimum atomic E-state index is -0.526. The van der Waals surface area contributed by atoms with Crippen molar-refractivity contribution in [1.82, 2.24) is 14.9 Å². The second-order valence-electron chi connectivity index (χ2n) is 8.39. The number of pyridine rings is 1. The van der Waals surface area contributed by atoms with Crippen LogP contribution in [0.1, 0.15) is 34.1 Å². The zero-order chi connectivity index (χ0) is 20.5. The molecule has 0 radical (unpaired) electrons. The number of nitrogens with zero attached hydrogens (tertiary/aromatic N) is 6. The van der Waals surface area contributed by atoms with Crippen LogP contribution >= 0.6 is 0 Å². The normalized spacial score (nSPS) is 19.9. The largest absolute Gasteiger partial charge is 0.444 e. The zero-order valence-electron chi connectivity index (χ0n) is 17.1. The maximum absolute atomic E-state index is 12.5. The van der Waals surface area contributed by atoms with Crippen LogP contribution in [0.4, 0.5) is 10.5 Å². The highest BCUT2D eigenvalue weighted by Crippen LogP contribution is 2.29. The minimum Gasteiger partial charge on any atom is -0.444 e. The van der Waals surface area contributed by atoms with Gasteiger partial charge in [0.2, 0.25) is 0 Å². The van der Waals surface area contributed by atoms with Crippen molar-refractivity contribution >= 4 is 22.9 Å². The van der Waals surface area contributed by atoms with Gasteiger partial charge in [0.05, 0.1) is 24.1 Å². The third-order valence-electron chi connectivity index (χ3n) is 4.85. The number of hydrogen-bond donors (Lipinski definition) is 0. The highest BCUT2D eigenvalue weighted by atomic mass is 16.6. The number of carbonyl (C=O) groups is 1. The molecule has 0 spiro atoms. The molecular weight excluding hydrogens is 356 g/mol. The van der Waals surface area contributed by atoms with E-state index in [1.807, 2.05) is 26.8 Å². The van der Waals surface area contributed by atoms with E-state index in [-0.39, 0.29) is 12.1 Å². The molecule has 0 aliphatic carbocycles. The molecule has 1 aliphatic rings. The van der Waals surface area contributed by atoms with Gasteiger partial charge in [-0.3, -0.25) is 0 Å². The number of amides is 1. The van der Waals surface area contributed by atoms with Gasteiger partial charge in [0.1, 0.15) is 11.8 Å². The van der Waals surface area contributed by atoms with E-state index in [0.29, 0.717) is 23.6 Å². The van der Waals surface area contributed by atoms with Crippen LogP contribution in [0.15, 0.2) is 24.7 Å². The van der Waals surface area contributed by atoms with Crippen LogP contribution in [-0.4, -0.2) is 52.7 Å². The summed E-state index contributed by atoms with van der Waals surface area (Å²) in [5.74, 6) is 0.388. The molecule has 8 heteroatoms. The van der Waals surface area contributed by atoms with Crippen LogP contribution in [0.3, 0.4) is 0 Å². The number of ether oxygens (including phenoxy) is 1. The van der Waals surface area contributed by atoms with Gasteiger partial charge in [-0.05, 0) is 39.2 Å². The van der Waals surface area contributed by atoms with Crippen LogP contribution in [0.2, 0.25) is 0 Å². The summed E-state index contributed by atoms with van der Waals surface area (Å²) < 4.78 is 6.94. The first-order valence-electron chi connectivity index (χ1n) is 9.46. The number of likely N-dealkylation sites (N-methyl/N-ethyl adjacent to an activating group) is 1. The Labute approximate surface area is 165 Å². The molecule has 0 unspecified atom stereocenters. The number of carbonyl (C=O) groups excluding carboxylic acids is 1. The first kappa shape index (κ1) is 19.8. The molecule has 0 bridgehead atoms. The van der Waals surface area contributed by atoms with Crippen LogP contribution in [0.25, 0.3) is 11.2 Å². The van der Waals surface area contributed by atoms with Gasteiger partial charge in [-0.15, -0.1) is 9.55 Å². The number of nitriles is 1. The molecular formula is C20H27N6O2+. The average molecular weight is 383 g/mol.